The second kappa shape index (κ2) is 7.61. The first kappa shape index (κ1) is 16.0. The van der Waals surface area contributed by atoms with Gasteiger partial charge in [-0.1, -0.05) is 12.1 Å². The van der Waals surface area contributed by atoms with Crippen LogP contribution in [-0.2, 0) is 4.74 Å². The lowest BCUT2D eigenvalue weighted by Gasteiger charge is -2.34. The number of rotatable bonds is 4. The van der Waals surface area contributed by atoms with Crippen molar-refractivity contribution in [2.45, 2.75) is 12.3 Å². The first-order chi connectivity index (χ1) is 10.1. The molecular formula is C15H20ClFN2O2. The summed E-state index contributed by atoms with van der Waals surface area (Å²) in [6.45, 7) is 5.70. The number of halogens is 2. The van der Waals surface area contributed by atoms with Crippen molar-refractivity contribution < 1.29 is 13.9 Å². The number of carbonyl (C=O) groups excluding carboxylic acids is 1. The highest BCUT2D eigenvalue weighted by Crippen LogP contribution is 2.22. The Morgan fingerprint density at radius 1 is 1.29 bits per heavy atom. The molecule has 1 aromatic carbocycles. The van der Waals surface area contributed by atoms with Gasteiger partial charge in [0.05, 0.1) is 12.0 Å². The van der Waals surface area contributed by atoms with Crippen molar-refractivity contribution in [2.24, 2.45) is 0 Å². The van der Waals surface area contributed by atoms with Crippen LogP contribution in [0.5, 0.6) is 0 Å². The van der Waals surface area contributed by atoms with E-state index in [4.69, 9.17) is 16.3 Å². The van der Waals surface area contributed by atoms with Crippen molar-refractivity contribution in [1.82, 2.24) is 9.80 Å². The second-order valence-electron chi connectivity index (χ2n) is 5.01. The first-order valence-corrected chi connectivity index (χ1v) is 7.57. The molecule has 0 aliphatic carbocycles. The van der Waals surface area contributed by atoms with Gasteiger partial charge < -0.3 is 9.64 Å². The van der Waals surface area contributed by atoms with E-state index in [1.165, 1.54) is 12.1 Å². The summed E-state index contributed by atoms with van der Waals surface area (Å²) in [5.74, 6) is -0.259. The molecule has 0 saturated carbocycles. The average molecular weight is 315 g/mol. The van der Waals surface area contributed by atoms with Crippen LogP contribution in [0.25, 0.3) is 0 Å². The van der Waals surface area contributed by atoms with Crippen LogP contribution >= 0.6 is 11.6 Å². The largest absolute Gasteiger partial charge is 0.450 e. The molecular weight excluding hydrogens is 295 g/mol. The molecule has 4 nitrogen and oxygen atoms in total. The smallest absolute Gasteiger partial charge is 0.409 e. The molecule has 0 bridgehead atoms. The van der Waals surface area contributed by atoms with E-state index >= 15 is 0 Å². The molecule has 1 atom stereocenters. The molecule has 1 aromatic rings. The zero-order valence-electron chi connectivity index (χ0n) is 12.1. The third kappa shape index (κ3) is 4.58. The highest BCUT2D eigenvalue weighted by atomic mass is 35.5. The summed E-state index contributed by atoms with van der Waals surface area (Å²) in [5.41, 5.74) is 0.908. The maximum atomic E-state index is 12.9. The lowest BCUT2D eigenvalue weighted by atomic mass is 10.1. The highest BCUT2D eigenvalue weighted by Gasteiger charge is 2.23. The lowest BCUT2D eigenvalue weighted by molar-refractivity contribution is 0.0796. The van der Waals surface area contributed by atoms with E-state index in [0.29, 0.717) is 26.2 Å². The van der Waals surface area contributed by atoms with E-state index in [1.54, 1.807) is 24.0 Å². The normalized spacial score (nSPS) is 17.6. The van der Waals surface area contributed by atoms with E-state index in [0.717, 1.165) is 18.7 Å². The molecule has 0 N–H and O–H groups in total. The van der Waals surface area contributed by atoms with Gasteiger partial charge in [0, 0.05) is 32.7 Å². The van der Waals surface area contributed by atoms with E-state index in [2.05, 4.69) is 4.90 Å². The van der Waals surface area contributed by atoms with Crippen molar-refractivity contribution >= 4 is 17.7 Å². The van der Waals surface area contributed by atoms with Gasteiger partial charge in [0.1, 0.15) is 5.82 Å². The third-order valence-corrected chi connectivity index (χ3v) is 3.94. The van der Waals surface area contributed by atoms with Crippen LogP contribution in [0.15, 0.2) is 24.3 Å². The summed E-state index contributed by atoms with van der Waals surface area (Å²) in [5, 5.41) is -0.181. The summed E-state index contributed by atoms with van der Waals surface area (Å²) in [4.78, 5) is 15.5. The average Bonchev–Trinajstić information content (AvgIpc) is 2.49. The Kier molecular flexibility index (Phi) is 5.82. The number of amides is 1. The number of nitrogens with zero attached hydrogens (tertiary/aromatic N) is 2. The SMILES string of the molecule is CCOC(=O)N1CCN(C[C@H](Cl)c2ccc(F)cc2)CC1. The summed E-state index contributed by atoms with van der Waals surface area (Å²) < 4.78 is 17.9. The number of carbonyl (C=O) groups is 1. The minimum Gasteiger partial charge on any atom is -0.450 e. The molecule has 1 amide bonds. The van der Waals surface area contributed by atoms with Gasteiger partial charge >= 0.3 is 6.09 Å². The molecule has 1 aliphatic rings. The Morgan fingerprint density at radius 3 is 2.48 bits per heavy atom. The molecule has 1 fully saturated rings. The molecule has 1 saturated heterocycles. The van der Waals surface area contributed by atoms with Gasteiger partial charge in [0.25, 0.3) is 0 Å². The quantitative estimate of drug-likeness (QED) is 0.801. The fourth-order valence-electron chi connectivity index (χ4n) is 2.33. The zero-order chi connectivity index (χ0) is 15.2. The predicted molar refractivity (Wildman–Crippen MR) is 80.0 cm³/mol. The van der Waals surface area contributed by atoms with Gasteiger partial charge in [-0.3, -0.25) is 4.90 Å². The summed E-state index contributed by atoms with van der Waals surface area (Å²) >= 11 is 6.37. The Labute approximate surface area is 129 Å². The number of hydrogen-bond donors (Lipinski definition) is 0. The van der Waals surface area contributed by atoms with Gasteiger partial charge in [-0.2, -0.15) is 0 Å². The van der Waals surface area contributed by atoms with Crippen molar-refractivity contribution in [2.75, 3.05) is 39.3 Å². The molecule has 0 radical (unpaired) electrons. The van der Waals surface area contributed by atoms with Crippen molar-refractivity contribution in [3.63, 3.8) is 0 Å². The fourth-order valence-corrected chi connectivity index (χ4v) is 2.67. The number of hydrogen-bond acceptors (Lipinski definition) is 3. The highest BCUT2D eigenvalue weighted by molar-refractivity contribution is 6.21. The van der Waals surface area contributed by atoms with Gasteiger partial charge in [0.15, 0.2) is 0 Å². The van der Waals surface area contributed by atoms with Gasteiger partial charge in [0.2, 0.25) is 0 Å². The lowest BCUT2D eigenvalue weighted by Crippen LogP contribution is -2.49. The van der Waals surface area contributed by atoms with Crippen molar-refractivity contribution in [3.8, 4) is 0 Å². The first-order valence-electron chi connectivity index (χ1n) is 7.13. The van der Waals surface area contributed by atoms with E-state index in [-0.39, 0.29) is 17.3 Å². The van der Waals surface area contributed by atoms with Crippen LogP contribution in [0.3, 0.4) is 0 Å². The molecule has 0 unspecified atom stereocenters. The van der Waals surface area contributed by atoms with Gasteiger partial charge in [-0.05, 0) is 24.6 Å². The maximum Gasteiger partial charge on any atom is 0.409 e. The van der Waals surface area contributed by atoms with Gasteiger partial charge in [-0.25, -0.2) is 9.18 Å². The number of benzene rings is 1. The Bertz CT molecular complexity index is 461. The van der Waals surface area contributed by atoms with E-state index < -0.39 is 0 Å². The van der Waals surface area contributed by atoms with Crippen LogP contribution in [0.2, 0.25) is 0 Å². The van der Waals surface area contributed by atoms with Crippen LogP contribution in [0.4, 0.5) is 9.18 Å². The molecule has 2 rings (SSSR count). The van der Waals surface area contributed by atoms with E-state index in [1.807, 2.05) is 0 Å². The molecule has 116 valence electrons. The number of alkyl halides is 1. The van der Waals surface area contributed by atoms with E-state index in [9.17, 15) is 9.18 Å². The molecule has 6 heteroatoms. The summed E-state index contributed by atoms with van der Waals surface area (Å²) in [6, 6.07) is 6.26. The molecule has 0 spiro atoms. The van der Waals surface area contributed by atoms with Crippen LogP contribution in [0, 0.1) is 5.82 Å². The minimum absolute atomic E-state index is 0.181. The molecule has 0 aromatic heterocycles. The van der Waals surface area contributed by atoms with Crippen LogP contribution in [-0.4, -0.2) is 55.2 Å². The zero-order valence-corrected chi connectivity index (χ0v) is 12.9. The van der Waals surface area contributed by atoms with Crippen molar-refractivity contribution in [3.05, 3.63) is 35.6 Å². The Hall–Kier alpha value is -1.33. The van der Waals surface area contributed by atoms with Gasteiger partial charge in [-0.15, -0.1) is 11.6 Å². The third-order valence-electron chi connectivity index (χ3n) is 3.55. The summed E-state index contributed by atoms with van der Waals surface area (Å²) in [7, 11) is 0. The number of piperazine rings is 1. The van der Waals surface area contributed by atoms with Crippen molar-refractivity contribution in [1.29, 1.82) is 0 Å². The minimum atomic E-state index is -0.259. The van der Waals surface area contributed by atoms with Crippen LogP contribution < -0.4 is 0 Å². The predicted octanol–water partition coefficient (Wildman–Crippen LogP) is 2.88. The molecule has 1 heterocycles. The molecule has 21 heavy (non-hydrogen) atoms. The fraction of sp³-hybridized carbons (Fsp3) is 0.533. The Morgan fingerprint density at radius 2 is 1.90 bits per heavy atom. The number of ether oxygens (including phenoxy) is 1. The maximum absolute atomic E-state index is 12.9. The molecule has 1 aliphatic heterocycles. The Balaban J connectivity index is 1.80. The second-order valence-corrected chi connectivity index (χ2v) is 5.53. The topological polar surface area (TPSA) is 32.8 Å². The monoisotopic (exact) mass is 314 g/mol. The standard InChI is InChI=1S/C15H20ClFN2O2/c1-2-21-15(20)19-9-7-18(8-10-19)11-14(16)12-3-5-13(17)6-4-12/h3-6,14H,2,7-11H2,1H3/t14-/m0/s1. The summed E-state index contributed by atoms with van der Waals surface area (Å²) in [6.07, 6.45) is -0.252. The van der Waals surface area contributed by atoms with Crippen LogP contribution in [0.1, 0.15) is 17.9 Å².